The molecule has 0 atom stereocenters. The van der Waals surface area contributed by atoms with Crippen LogP contribution < -0.4 is 0 Å². The lowest BCUT2D eigenvalue weighted by molar-refractivity contribution is -0.118. The molecule has 0 saturated heterocycles. The first kappa shape index (κ1) is 19.9. The molecule has 0 N–H and O–H groups in total. The summed E-state index contributed by atoms with van der Waals surface area (Å²) in [7, 11) is 0. The van der Waals surface area contributed by atoms with Gasteiger partial charge in [0.1, 0.15) is 6.29 Å². The third-order valence-corrected chi connectivity index (χ3v) is 6.59. The van der Waals surface area contributed by atoms with Crippen LogP contribution in [0.3, 0.4) is 0 Å². The maximum absolute atomic E-state index is 11.8. The van der Waals surface area contributed by atoms with Crippen LogP contribution in [0.5, 0.6) is 0 Å². The van der Waals surface area contributed by atoms with Crippen molar-refractivity contribution < 1.29 is 4.79 Å². The molecule has 0 radical (unpaired) electrons. The second-order valence-corrected chi connectivity index (χ2v) is 8.38. The third-order valence-electron chi connectivity index (χ3n) is 6.59. The second kappa shape index (κ2) is 9.35. The summed E-state index contributed by atoms with van der Waals surface area (Å²) < 4.78 is 0. The van der Waals surface area contributed by atoms with Crippen LogP contribution in [0.4, 0.5) is 0 Å². The van der Waals surface area contributed by atoms with Crippen LogP contribution in [0.1, 0.15) is 82.3 Å². The van der Waals surface area contributed by atoms with Crippen LogP contribution >= 0.6 is 0 Å². The van der Waals surface area contributed by atoms with E-state index in [2.05, 4.69) is 62.4 Å². The summed E-state index contributed by atoms with van der Waals surface area (Å²) in [6, 6.07) is 18.0. The first-order chi connectivity index (χ1) is 13.2. The number of hydrogen-bond acceptors (Lipinski definition) is 1. The van der Waals surface area contributed by atoms with Crippen molar-refractivity contribution in [2.24, 2.45) is 5.41 Å². The molecule has 0 unspecified atom stereocenters. The number of rotatable bonds is 8. The maximum Gasteiger partial charge on any atom is 0.126 e. The lowest BCUT2D eigenvalue weighted by Gasteiger charge is -2.36. The Hall–Kier alpha value is -1.89. The quantitative estimate of drug-likeness (QED) is 0.354. The maximum atomic E-state index is 11.8. The van der Waals surface area contributed by atoms with Crippen molar-refractivity contribution in [3.05, 3.63) is 59.7 Å². The van der Waals surface area contributed by atoms with Gasteiger partial charge in [-0.05, 0) is 66.7 Å². The highest BCUT2D eigenvalue weighted by Crippen LogP contribution is 2.45. The van der Waals surface area contributed by atoms with Crippen LogP contribution in [0.2, 0.25) is 0 Å². The van der Waals surface area contributed by atoms with Crippen LogP contribution in [0.15, 0.2) is 48.5 Å². The summed E-state index contributed by atoms with van der Waals surface area (Å²) in [5.41, 5.74) is 5.37. The molecule has 1 fully saturated rings. The van der Waals surface area contributed by atoms with Gasteiger partial charge in [-0.1, -0.05) is 81.6 Å². The van der Waals surface area contributed by atoms with Crippen LogP contribution in [-0.4, -0.2) is 6.29 Å². The van der Waals surface area contributed by atoms with Gasteiger partial charge in [0, 0.05) is 5.41 Å². The average molecular weight is 363 g/mol. The Morgan fingerprint density at radius 2 is 1.48 bits per heavy atom. The van der Waals surface area contributed by atoms with Crippen LogP contribution in [0, 0.1) is 5.41 Å². The number of carbonyl (C=O) groups is 1. The molecule has 1 saturated carbocycles. The zero-order chi connectivity index (χ0) is 19.1. The Bertz CT molecular complexity index is 703. The van der Waals surface area contributed by atoms with E-state index in [1.165, 1.54) is 47.8 Å². The third kappa shape index (κ3) is 4.89. The molecule has 0 aliphatic heterocycles. The Kier molecular flexibility index (Phi) is 6.88. The Labute approximate surface area is 165 Å². The second-order valence-electron chi connectivity index (χ2n) is 8.38. The smallest absolute Gasteiger partial charge is 0.126 e. The van der Waals surface area contributed by atoms with Gasteiger partial charge in [0.05, 0.1) is 0 Å². The minimum Gasteiger partial charge on any atom is -0.303 e. The van der Waals surface area contributed by atoms with Gasteiger partial charge in [0.2, 0.25) is 0 Å². The molecule has 0 spiro atoms. The SMILES string of the molecule is CCCCCC1(C=O)CCC(c2ccc(-c3ccc(CC)cc3)cc2)CC1. The minimum absolute atomic E-state index is 0.0351. The molecule has 144 valence electrons. The van der Waals surface area contributed by atoms with E-state index in [-0.39, 0.29) is 5.41 Å². The lowest BCUT2D eigenvalue weighted by Crippen LogP contribution is -2.28. The highest BCUT2D eigenvalue weighted by atomic mass is 16.1. The summed E-state index contributed by atoms with van der Waals surface area (Å²) in [5, 5.41) is 0. The molecule has 1 aliphatic carbocycles. The van der Waals surface area contributed by atoms with E-state index in [1.54, 1.807) is 0 Å². The zero-order valence-corrected chi connectivity index (χ0v) is 17.0. The number of aldehydes is 1. The monoisotopic (exact) mass is 362 g/mol. The molecular weight excluding hydrogens is 328 g/mol. The van der Waals surface area contributed by atoms with Crippen molar-refractivity contribution in [2.45, 2.75) is 77.6 Å². The predicted molar refractivity (Wildman–Crippen MR) is 115 cm³/mol. The molecule has 0 amide bonds. The van der Waals surface area contributed by atoms with Gasteiger partial charge in [-0.15, -0.1) is 0 Å². The van der Waals surface area contributed by atoms with Crippen molar-refractivity contribution in [1.29, 1.82) is 0 Å². The Balaban J connectivity index is 1.62. The summed E-state index contributed by atoms with van der Waals surface area (Å²) in [6.45, 7) is 4.42. The molecule has 0 aromatic heterocycles. The lowest BCUT2D eigenvalue weighted by atomic mass is 9.67. The van der Waals surface area contributed by atoms with E-state index in [4.69, 9.17) is 0 Å². The summed E-state index contributed by atoms with van der Waals surface area (Å²) in [5.74, 6) is 0.612. The fourth-order valence-corrected chi connectivity index (χ4v) is 4.56. The van der Waals surface area contributed by atoms with Crippen LogP contribution in [-0.2, 0) is 11.2 Å². The fraction of sp³-hybridized carbons (Fsp3) is 0.500. The van der Waals surface area contributed by atoms with Gasteiger partial charge in [-0.3, -0.25) is 0 Å². The molecule has 1 nitrogen and oxygen atoms in total. The number of aryl methyl sites for hydroxylation is 1. The van der Waals surface area contributed by atoms with Gasteiger partial charge in [0.25, 0.3) is 0 Å². The largest absolute Gasteiger partial charge is 0.303 e. The normalized spacial score (nSPS) is 22.5. The van der Waals surface area contributed by atoms with Crippen molar-refractivity contribution in [1.82, 2.24) is 0 Å². The van der Waals surface area contributed by atoms with E-state index < -0.39 is 0 Å². The number of hydrogen-bond donors (Lipinski definition) is 0. The van der Waals surface area contributed by atoms with Gasteiger partial charge >= 0.3 is 0 Å². The number of carbonyl (C=O) groups excluding carboxylic acids is 1. The molecule has 2 aromatic carbocycles. The first-order valence-corrected chi connectivity index (χ1v) is 10.9. The van der Waals surface area contributed by atoms with Crippen molar-refractivity contribution in [3.8, 4) is 11.1 Å². The predicted octanol–water partition coefficient (Wildman–Crippen LogP) is 7.34. The minimum atomic E-state index is -0.0351. The van der Waals surface area contributed by atoms with E-state index in [9.17, 15) is 4.79 Å². The highest BCUT2D eigenvalue weighted by molar-refractivity contribution is 5.64. The van der Waals surface area contributed by atoms with E-state index >= 15 is 0 Å². The van der Waals surface area contributed by atoms with Crippen molar-refractivity contribution >= 4 is 6.29 Å². The first-order valence-electron chi connectivity index (χ1n) is 10.9. The van der Waals surface area contributed by atoms with Gasteiger partial charge < -0.3 is 4.79 Å². The van der Waals surface area contributed by atoms with Crippen molar-refractivity contribution in [3.63, 3.8) is 0 Å². The summed E-state index contributed by atoms with van der Waals surface area (Å²) in [4.78, 5) is 11.8. The molecule has 0 heterocycles. The molecule has 3 rings (SSSR count). The average Bonchev–Trinajstić information content (AvgIpc) is 2.75. The van der Waals surface area contributed by atoms with Gasteiger partial charge in [-0.25, -0.2) is 0 Å². The van der Waals surface area contributed by atoms with E-state index in [1.807, 2.05) is 0 Å². The molecule has 2 aromatic rings. The topological polar surface area (TPSA) is 17.1 Å². The molecule has 1 heteroatoms. The van der Waals surface area contributed by atoms with Crippen LogP contribution in [0.25, 0.3) is 11.1 Å². The van der Waals surface area contributed by atoms with Gasteiger partial charge in [0.15, 0.2) is 0 Å². The molecule has 0 bridgehead atoms. The summed E-state index contributed by atoms with van der Waals surface area (Å²) in [6.07, 6.45) is 11.5. The zero-order valence-electron chi connectivity index (χ0n) is 17.0. The molecule has 1 aliphatic rings. The Morgan fingerprint density at radius 3 is 2.00 bits per heavy atom. The van der Waals surface area contributed by atoms with Crippen molar-refractivity contribution in [2.75, 3.05) is 0 Å². The molecular formula is C26H34O. The number of benzene rings is 2. The number of unbranched alkanes of at least 4 members (excludes halogenated alkanes) is 2. The van der Waals surface area contributed by atoms with E-state index in [0.717, 1.165) is 38.5 Å². The fourth-order valence-electron chi connectivity index (χ4n) is 4.56. The highest BCUT2D eigenvalue weighted by Gasteiger charge is 2.34. The standard InChI is InChI=1S/C26H34O/c1-3-5-6-17-26(20-27)18-15-25(16-19-26)24-13-11-23(12-14-24)22-9-7-21(4-2)8-10-22/h7-14,20,25H,3-6,15-19H2,1-2H3. The molecule has 27 heavy (non-hydrogen) atoms. The van der Waals surface area contributed by atoms with Gasteiger partial charge in [-0.2, -0.15) is 0 Å². The van der Waals surface area contributed by atoms with E-state index in [0.29, 0.717) is 5.92 Å². The Morgan fingerprint density at radius 1 is 0.889 bits per heavy atom. The summed E-state index contributed by atoms with van der Waals surface area (Å²) >= 11 is 0.